The second kappa shape index (κ2) is 5.10. The predicted octanol–water partition coefficient (Wildman–Crippen LogP) is 4.69. The molecule has 0 fully saturated rings. The first-order valence-electron chi connectivity index (χ1n) is 4.35. The van der Waals surface area contributed by atoms with Crippen LogP contribution in [0.15, 0.2) is 14.3 Å². The lowest BCUT2D eigenvalue weighted by Gasteiger charge is -2.20. The highest BCUT2D eigenvalue weighted by Gasteiger charge is 2.24. The van der Waals surface area contributed by atoms with E-state index in [1.54, 1.807) is 0 Å². The summed E-state index contributed by atoms with van der Waals surface area (Å²) in [7, 11) is -1.68. The van der Waals surface area contributed by atoms with Gasteiger partial charge < -0.3 is 4.43 Å². The molecule has 0 N–H and O–H groups in total. The van der Waals surface area contributed by atoms with Crippen LogP contribution in [0.3, 0.4) is 0 Å². The minimum atomic E-state index is -1.68. The summed E-state index contributed by atoms with van der Waals surface area (Å²) >= 11 is 8.35. The van der Waals surface area contributed by atoms with E-state index in [-0.39, 0.29) is 0 Å². The molecule has 0 amide bonds. The molecular formula is C9H11Br2NOSSi. The topological polar surface area (TPSA) is 33.0 Å². The van der Waals surface area contributed by atoms with Gasteiger partial charge in [0.2, 0.25) is 0 Å². The lowest BCUT2D eigenvalue weighted by molar-refractivity contribution is 0.259. The van der Waals surface area contributed by atoms with Crippen LogP contribution in [0, 0.1) is 11.3 Å². The molecule has 1 rings (SSSR count). The maximum absolute atomic E-state index is 9.07. The third-order valence-corrected chi connectivity index (χ3v) is 5.75. The van der Waals surface area contributed by atoms with Gasteiger partial charge in [-0.3, -0.25) is 0 Å². The molecule has 1 heterocycles. The van der Waals surface area contributed by atoms with Crippen LogP contribution in [0.25, 0.3) is 0 Å². The fourth-order valence-electron chi connectivity index (χ4n) is 0.994. The zero-order valence-electron chi connectivity index (χ0n) is 8.67. The number of rotatable bonds is 3. The molecule has 0 saturated carbocycles. The average molecular weight is 369 g/mol. The van der Waals surface area contributed by atoms with E-state index < -0.39 is 14.4 Å². The monoisotopic (exact) mass is 367 g/mol. The summed E-state index contributed by atoms with van der Waals surface area (Å²) < 4.78 is 7.76. The first-order chi connectivity index (χ1) is 6.83. The van der Waals surface area contributed by atoms with Crippen molar-refractivity contribution in [2.45, 2.75) is 25.7 Å². The fraction of sp³-hybridized carbons (Fsp3) is 0.444. The molecule has 0 aromatic carbocycles. The fourth-order valence-corrected chi connectivity index (χ4v) is 4.03. The van der Waals surface area contributed by atoms with Gasteiger partial charge in [0.05, 0.1) is 9.86 Å². The highest BCUT2D eigenvalue weighted by molar-refractivity contribution is 9.13. The molecule has 0 aliphatic rings. The third kappa shape index (κ3) is 4.00. The highest BCUT2D eigenvalue weighted by Crippen LogP contribution is 2.37. The molecule has 15 heavy (non-hydrogen) atoms. The summed E-state index contributed by atoms with van der Waals surface area (Å²) in [6.07, 6.45) is -0.440. The van der Waals surface area contributed by atoms with E-state index in [4.69, 9.17) is 9.69 Å². The lowest BCUT2D eigenvalue weighted by Crippen LogP contribution is -2.27. The molecule has 0 radical (unpaired) electrons. The van der Waals surface area contributed by atoms with Gasteiger partial charge >= 0.3 is 0 Å². The van der Waals surface area contributed by atoms with Gasteiger partial charge in [-0.05, 0) is 57.6 Å². The maximum atomic E-state index is 9.07. The lowest BCUT2D eigenvalue weighted by atomic mass is 10.3. The molecular weight excluding hydrogens is 358 g/mol. The Bertz CT molecular complexity index is 374. The summed E-state index contributed by atoms with van der Waals surface area (Å²) in [5.74, 6) is 0. The first kappa shape index (κ1) is 13.4. The van der Waals surface area contributed by atoms with Gasteiger partial charge in [0.15, 0.2) is 14.4 Å². The van der Waals surface area contributed by atoms with Crippen molar-refractivity contribution in [2.75, 3.05) is 0 Å². The third-order valence-electron chi connectivity index (χ3n) is 1.51. The van der Waals surface area contributed by atoms with Crippen LogP contribution in [-0.2, 0) is 4.43 Å². The highest BCUT2D eigenvalue weighted by atomic mass is 79.9. The predicted molar refractivity (Wildman–Crippen MR) is 72.5 cm³/mol. The normalized spacial score (nSPS) is 13.6. The Morgan fingerprint density at radius 2 is 2.07 bits per heavy atom. The Balaban J connectivity index is 2.90. The number of thiophene rings is 1. The molecule has 0 aliphatic carbocycles. The zero-order chi connectivity index (χ0) is 11.6. The van der Waals surface area contributed by atoms with Crippen LogP contribution < -0.4 is 0 Å². The summed E-state index contributed by atoms with van der Waals surface area (Å²) in [6, 6.07) is 4.13. The maximum Gasteiger partial charge on any atom is 0.186 e. The van der Waals surface area contributed by atoms with Crippen molar-refractivity contribution in [2.24, 2.45) is 0 Å². The van der Waals surface area contributed by atoms with Crippen LogP contribution in [0.2, 0.25) is 19.6 Å². The summed E-state index contributed by atoms with van der Waals surface area (Å²) in [4.78, 5) is 0.943. The van der Waals surface area contributed by atoms with Crippen molar-refractivity contribution in [3.8, 4) is 6.07 Å². The van der Waals surface area contributed by atoms with Crippen LogP contribution in [0.5, 0.6) is 0 Å². The van der Waals surface area contributed by atoms with E-state index in [1.807, 2.05) is 6.07 Å². The number of nitrogens with zero attached hydrogens (tertiary/aromatic N) is 1. The summed E-state index contributed by atoms with van der Waals surface area (Å²) in [5, 5.41) is 9.07. The van der Waals surface area contributed by atoms with Crippen LogP contribution in [0.4, 0.5) is 0 Å². The second-order valence-corrected chi connectivity index (χ2v) is 11.7. The first-order valence-corrected chi connectivity index (χ1v) is 10.2. The molecule has 6 heteroatoms. The van der Waals surface area contributed by atoms with Crippen LogP contribution in [0.1, 0.15) is 11.0 Å². The van der Waals surface area contributed by atoms with Gasteiger partial charge in [-0.15, -0.1) is 11.3 Å². The van der Waals surface area contributed by atoms with Crippen molar-refractivity contribution >= 4 is 51.5 Å². The summed E-state index contributed by atoms with van der Waals surface area (Å²) in [5.41, 5.74) is 0. The van der Waals surface area contributed by atoms with Crippen molar-refractivity contribution in [3.63, 3.8) is 0 Å². The quantitative estimate of drug-likeness (QED) is 0.725. The molecule has 0 aliphatic heterocycles. The van der Waals surface area contributed by atoms with E-state index in [2.05, 4.69) is 57.6 Å². The standard InChI is InChI=1S/C9H11Br2NOSSi/c1-15(2,3)13-7(5-12)8-4-6(10)9(11)14-8/h4,7H,1-3H3. The molecule has 1 atom stereocenters. The van der Waals surface area contributed by atoms with Gasteiger partial charge in [0.25, 0.3) is 0 Å². The van der Waals surface area contributed by atoms with Gasteiger partial charge in [0.1, 0.15) is 0 Å². The molecule has 0 spiro atoms. The average Bonchev–Trinajstić information content (AvgIpc) is 2.41. The van der Waals surface area contributed by atoms with E-state index >= 15 is 0 Å². The second-order valence-electron chi connectivity index (χ2n) is 4.01. The molecule has 0 saturated heterocycles. The molecule has 1 aromatic heterocycles. The van der Waals surface area contributed by atoms with E-state index in [9.17, 15) is 0 Å². The van der Waals surface area contributed by atoms with Gasteiger partial charge in [-0.25, -0.2) is 0 Å². The molecule has 0 bridgehead atoms. The molecule has 1 aromatic rings. The van der Waals surface area contributed by atoms with Crippen LogP contribution >= 0.6 is 43.2 Å². The zero-order valence-corrected chi connectivity index (χ0v) is 13.7. The minimum absolute atomic E-state index is 0.440. The smallest absolute Gasteiger partial charge is 0.186 e. The van der Waals surface area contributed by atoms with E-state index in [0.717, 1.165) is 13.1 Å². The van der Waals surface area contributed by atoms with Gasteiger partial charge in [-0.1, -0.05) is 0 Å². The van der Waals surface area contributed by atoms with E-state index in [0.29, 0.717) is 0 Å². The SMILES string of the molecule is C[Si](C)(C)OC(C#N)c1cc(Br)c(Br)s1. The van der Waals surface area contributed by atoms with Crippen molar-refractivity contribution in [3.05, 3.63) is 19.2 Å². The van der Waals surface area contributed by atoms with Crippen molar-refractivity contribution < 1.29 is 4.43 Å². The Morgan fingerprint density at radius 3 is 2.40 bits per heavy atom. The van der Waals surface area contributed by atoms with Crippen molar-refractivity contribution in [1.29, 1.82) is 5.26 Å². The Morgan fingerprint density at radius 1 is 1.47 bits per heavy atom. The van der Waals surface area contributed by atoms with Crippen molar-refractivity contribution in [1.82, 2.24) is 0 Å². The van der Waals surface area contributed by atoms with E-state index in [1.165, 1.54) is 11.3 Å². The Labute approximate surface area is 112 Å². The molecule has 82 valence electrons. The van der Waals surface area contributed by atoms with Crippen LogP contribution in [-0.4, -0.2) is 8.32 Å². The van der Waals surface area contributed by atoms with Gasteiger partial charge in [0, 0.05) is 9.35 Å². The number of halogens is 2. The molecule has 1 unspecified atom stereocenters. The largest absolute Gasteiger partial charge is 0.398 e. The minimum Gasteiger partial charge on any atom is -0.398 e. The Hall–Kier alpha value is 0.327. The summed E-state index contributed by atoms with van der Waals surface area (Å²) in [6.45, 7) is 6.24. The Kier molecular flexibility index (Phi) is 4.56. The molecule has 2 nitrogen and oxygen atoms in total. The van der Waals surface area contributed by atoms with Gasteiger partial charge in [-0.2, -0.15) is 5.26 Å². The number of nitriles is 1. The number of hydrogen-bond acceptors (Lipinski definition) is 3. The number of hydrogen-bond donors (Lipinski definition) is 0.